The molecule has 108 valence electrons. The number of hydrogen-bond acceptors (Lipinski definition) is 2. The van der Waals surface area contributed by atoms with Crippen LogP contribution in [0.2, 0.25) is 10.0 Å². The number of Topliss-reactive ketones (excluding diaryl/α,β-unsaturated/α-hetero) is 1. The van der Waals surface area contributed by atoms with Crippen molar-refractivity contribution in [1.82, 2.24) is 4.57 Å². The van der Waals surface area contributed by atoms with Gasteiger partial charge in [-0.3, -0.25) is 4.79 Å². The van der Waals surface area contributed by atoms with E-state index in [-0.39, 0.29) is 5.78 Å². The van der Waals surface area contributed by atoms with Gasteiger partial charge in [-0.25, -0.2) is 0 Å². The van der Waals surface area contributed by atoms with Crippen LogP contribution in [0.3, 0.4) is 0 Å². The number of aromatic nitrogens is 1. The van der Waals surface area contributed by atoms with Crippen LogP contribution in [0.5, 0.6) is 0 Å². The van der Waals surface area contributed by atoms with E-state index in [4.69, 9.17) is 23.2 Å². The molecule has 0 aliphatic heterocycles. The average Bonchev–Trinajstić information content (AvgIpc) is 3.08. The zero-order chi connectivity index (χ0) is 14.8. The van der Waals surface area contributed by atoms with Crippen molar-refractivity contribution in [3.8, 4) is 0 Å². The second-order valence-electron chi connectivity index (χ2n) is 4.83. The number of carbonyl (C=O) groups excluding carboxylic acids is 1. The first-order valence-electron chi connectivity index (χ1n) is 6.66. The highest BCUT2D eigenvalue weighted by Gasteiger charge is 2.09. The van der Waals surface area contributed by atoms with Crippen LogP contribution in [0.25, 0.3) is 10.9 Å². The van der Waals surface area contributed by atoms with Crippen molar-refractivity contribution in [1.29, 1.82) is 0 Å². The topological polar surface area (TPSA) is 22.0 Å². The predicted molar refractivity (Wildman–Crippen MR) is 89.8 cm³/mol. The van der Waals surface area contributed by atoms with Crippen LogP contribution in [-0.4, -0.2) is 10.4 Å². The number of benzene rings is 1. The molecule has 0 atom stereocenters. The van der Waals surface area contributed by atoms with Crippen molar-refractivity contribution in [3.63, 3.8) is 0 Å². The van der Waals surface area contributed by atoms with Crippen LogP contribution in [0.4, 0.5) is 0 Å². The van der Waals surface area contributed by atoms with Gasteiger partial charge in [0.15, 0.2) is 5.78 Å². The molecule has 0 N–H and O–H groups in total. The van der Waals surface area contributed by atoms with E-state index in [0.717, 1.165) is 28.7 Å². The van der Waals surface area contributed by atoms with Crippen LogP contribution < -0.4 is 0 Å². The lowest BCUT2D eigenvalue weighted by atomic mass is 10.2. The zero-order valence-electron chi connectivity index (χ0n) is 11.2. The summed E-state index contributed by atoms with van der Waals surface area (Å²) in [5.41, 5.74) is 1.01. The van der Waals surface area contributed by atoms with Crippen molar-refractivity contribution < 1.29 is 4.79 Å². The molecular weight excluding hydrogens is 325 g/mol. The fourth-order valence-corrected chi connectivity index (χ4v) is 3.62. The molecule has 3 aromatic rings. The molecule has 0 aliphatic carbocycles. The number of rotatable bonds is 5. The molecule has 0 fully saturated rings. The van der Waals surface area contributed by atoms with Gasteiger partial charge in [0.1, 0.15) is 0 Å². The second kappa shape index (κ2) is 6.22. The standard InChI is InChI=1S/C16H13Cl2NOS/c17-11-9-13(18)12-5-7-19(14(12)10-11)6-1-3-15(20)16-4-2-8-21-16/h2,4-5,7-10H,1,3,6H2. The Bertz CT molecular complexity index is 777. The summed E-state index contributed by atoms with van der Waals surface area (Å²) in [6.07, 6.45) is 3.33. The summed E-state index contributed by atoms with van der Waals surface area (Å²) >= 11 is 13.7. The zero-order valence-corrected chi connectivity index (χ0v) is 13.5. The van der Waals surface area contributed by atoms with Crippen molar-refractivity contribution in [3.05, 3.63) is 56.8 Å². The minimum absolute atomic E-state index is 0.206. The maximum Gasteiger partial charge on any atom is 0.172 e. The first-order valence-corrected chi connectivity index (χ1v) is 8.29. The van der Waals surface area contributed by atoms with Gasteiger partial charge in [-0.05, 0) is 36.1 Å². The van der Waals surface area contributed by atoms with E-state index >= 15 is 0 Å². The van der Waals surface area contributed by atoms with Gasteiger partial charge in [0.05, 0.1) is 15.4 Å². The van der Waals surface area contributed by atoms with Crippen LogP contribution in [0.1, 0.15) is 22.5 Å². The third kappa shape index (κ3) is 3.15. The highest BCUT2D eigenvalue weighted by molar-refractivity contribution is 7.12. The van der Waals surface area contributed by atoms with Gasteiger partial charge in [-0.15, -0.1) is 11.3 Å². The number of ketones is 1. The van der Waals surface area contributed by atoms with E-state index in [1.807, 2.05) is 35.8 Å². The normalized spacial score (nSPS) is 11.1. The Labute approximate surface area is 136 Å². The van der Waals surface area contributed by atoms with Gasteiger partial charge in [0.25, 0.3) is 0 Å². The number of halogens is 2. The Morgan fingerprint density at radius 2 is 2.10 bits per heavy atom. The minimum atomic E-state index is 0.206. The number of fused-ring (bicyclic) bond motifs is 1. The Morgan fingerprint density at radius 1 is 1.24 bits per heavy atom. The van der Waals surface area contributed by atoms with Crippen LogP contribution in [0.15, 0.2) is 41.9 Å². The Balaban J connectivity index is 1.70. The molecular formula is C16H13Cl2NOS. The molecule has 0 aliphatic rings. The molecule has 21 heavy (non-hydrogen) atoms. The smallest absolute Gasteiger partial charge is 0.172 e. The average molecular weight is 338 g/mol. The summed E-state index contributed by atoms with van der Waals surface area (Å²) in [6, 6.07) is 9.41. The van der Waals surface area contributed by atoms with Gasteiger partial charge in [0.2, 0.25) is 0 Å². The second-order valence-corrected chi connectivity index (χ2v) is 6.62. The highest BCUT2D eigenvalue weighted by Crippen LogP contribution is 2.29. The lowest BCUT2D eigenvalue weighted by Crippen LogP contribution is -2.01. The van der Waals surface area contributed by atoms with Crippen LogP contribution in [-0.2, 0) is 6.54 Å². The number of nitrogens with zero attached hydrogens (tertiary/aromatic N) is 1. The molecule has 2 nitrogen and oxygen atoms in total. The van der Waals surface area contributed by atoms with Crippen LogP contribution in [0, 0.1) is 0 Å². The van der Waals surface area contributed by atoms with E-state index in [0.29, 0.717) is 16.5 Å². The molecule has 2 heterocycles. The summed E-state index contributed by atoms with van der Waals surface area (Å²) in [6.45, 7) is 0.775. The number of carbonyl (C=O) groups is 1. The summed E-state index contributed by atoms with van der Waals surface area (Å²) in [5, 5.41) is 4.20. The minimum Gasteiger partial charge on any atom is -0.347 e. The summed E-state index contributed by atoms with van der Waals surface area (Å²) in [5.74, 6) is 0.206. The van der Waals surface area contributed by atoms with E-state index in [1.165, 1.54) is 11.3 Å². The van der Waals surface area contributed by atoms with E-state index < -0.39 is 0 Å². The monoisotopic (exact) mass is 337 g/mol. The van der Waals surface area contributed by atoms with Crippen molar-refractivity contribution in [2.45, 2.75) is 19.4 Å². The molecule has 0 radical (unpaired) electrons. The first kappa shape index (κ1) is 14.6. The molecule has 0 spiro atoms. The van der Waals surface area contributed by atoms with Gasteiger partial charge in [-0.1, -0.05) is 29.3 Å². The van der Waals surface area contributed by atoms with Gasteiger partial charge < -0.3 is 4.57 Å². The molecule has 5 heteroatoms. The molecule has 0 saturated carbocycles. The molecule has 3 rings (SSSR count). The predicted octanol–water partition coefficient (Wildman–Crippen LogP) is 5.67. The van der Waals surface area contributed by atoms with Gasteiger partial charge in [-0.2, -0.15) is 0 Å². The van der Waals surface area contributed by atoms with E-state index in [1.54, 1.807) is 6.07 Å². The third-order valence-electron chi connectivity index (χ3n) is 3.40. The van der Waals surface area contributed by atoms with Crippen molar-refractivity contribution in [2.75, 3.05) is 0 Å². The lowest BCUT2D eigenvalue weighted by Gasteiger charge is -2.06. The first-order chi connectivity index (χ1) is 10.1. The van der Waals surface area contributed by atoms with Crippen molar-refractivity contribution >= 4 is 51.2 Å². The number of thiophene rings is 1. The molecule has 2 aromatic heterocycles. The number of hydrogen-bond donors (Lipinski definition) is 0. The van der Waals surface area contributed by atoms with Crippen molar-refractivity contribution in [2.24, 2.45) is 0 Å². The maximum absolute atomic E-state index is 12.0. The third-order valence-corrected chi connectivity index (χ3v) is 4.84. The Kier molecular flexibility index (Phi) is 4.34. The Morgan fingerprint density at radius 3 is 2.86 bits per heavy atom. The fraction of sp³-hybridized carbons (Fsp3) is 0.188. The van der Waals surface area contributed by atoms with E-state index in [9.17, 15) is 4.79 Å². The van der Waals surface area contributed by atoms with E-state index in [2.05, 4.69) is 4.57 Å². The van der Waals surface area contributed by atoms with Gasteiger partial charge in [0, 0.05) is 29.6 Å². The molecule has 0 bridgehead atoms. The summed E-state index contributed by atoms with van der Waals surface area (Å²) in [7, 11) is 0. The molecule has 0 unspecified atom stereocenters. The maximum atomic E-state index is 12.0. The fourth-order valence-electron chi connectivity index (χ4n) is 2.38. The summed E-state index contributed by atoms with van der Waals surface area (Å²) < 4.78 is 2.09. The molecule has 0 saturated heterocycles. The van der Waals surface area contributed by atoms with Gasteiger partial charge >= 0.3 is 0 Å². The number of aryl methyl sites for hydroxylation is 1. The lowest BCUT2D eigenvalue weighted by molar-refractivity contribution is 0.0982. The molecule has 1 aromatic carbocycles. The quantitative estimate of drug-likeness (QED) is 0.549. The largest absolute Gasteiger partial charge is 0.347 e. The highest BCUT2D eigenvalue weighted by atomic mass is 35.5. The summed E-state index contributed by atoms with van der Waals surface area (Å²) in [4.78, 5) is 12.8. The Hall–Kier alpha value is -1.29. The van der Waals surface area contributed by atoms with Crippen LogP contribution >= 0.6 is 34.5 Å². The molecule has 0 amide bonds. The SMILES string of the molecule is O=C(CCCn1ccc2c(Cl)cc(Cl)cc21)c1cccs1.